The van der Waals surface area contributed by atoms with Gasteiger partial charge in [-0.25, -0.2) is 0 Å². The Balaban J connectivity index is 2.27. The number of aryl methyl sites for hydroxylation is 1. The Hall–Kier alpha value is -1.02. The monoisotopic (exact) mass is 291 g/mol. The van der Waals surface area contributed by atoms with Gasteiger partial charge in [0.05, 0.1) is 6.61 Å². The van der Waals surface area contributed by atoms with E-state index >= 15 is 0 Å². The van der Waals surface area contributed by atoms with Crippen LogP contribution in [0.1, 0.15) is 64.5 Å². The van der Waals surface area contributed by atoms with Gasteiger partial charge in [0.1, 0.15) is 5.75 Å². The molecule has 0 saturated carbocycles. The Morgan fingerprint density at radius 3 is 2.43 bits per heavy atom. The second-order valence-electron chi connectivity index (χ2n) is 6.89. The van der Waals surface area contributed by atoms with Crippen molar-refractivity contribution in [2.45, 2.75) is 65.7 Å². The van der Waals surface area contributed by atoms with Crippen LogP contribution in [0.2, 0.25) is 0 Å². The molecule has 0 radical (unpaired) electrons. The first-order valence-electron chi connectivity index (χ1n) is 8.40. The van der Waals surface area contributed by atoms with Gasteiger partial charge in [-0.05, 0) is 68.3 Å². The largest absolute Gasteiger partial charge is 0.493 e. The van der Waals surface area contributed by atoms with Crippen LogP contribution >= 0.6 is 0 Å². The third-order valence-corrected chi connectivity index (χ3v) is 3.72. The third kappa shape index (κ3) is 6.99. The minimum atomic E-state index is 0.203. The molecule has 2 nitrogen and oxygen atoms in total. The van der Waals surface area contributed by atoms with Crippen LogP contribution < -0.4 is 10.1 Å². The highest BCUT2D eigenvalue weighted by Gasteiger charge is 2.14. The average Bonchev–Trinajstić information content (AvgIpc) is 2.42. The van der Waals surface area contributed by atoms with E-state index in [1.54, 1.807) is 0 Å². The van der Waals surface area contributed by atoms with E-state index in [4.69, 9.17) is 4.74 Å². The summed E-state index contributed by atoms with van der Waals surface area (Å²) in [6, 6.07) is 6.57. The van der Waals surface area contributed by atoms with Crippen molar-refractivity contribution in [3.63, 3.8) is 0 Å². The Kier molecular flexibility index (Phi) is 7.81. The maximum atomic E-state index is 5.91. The van der Waals surface area contributed by atoms with Crippen LogP contribution in [0.4, 0.5) is 0 Å². The second kappa shape index (κ2) is 9.09. The standard InChI is InChI=1S/C19H33NO/c1-6-12-20-13-8-7-9-14-21-18-11-10-17(15-16(18)2)19(3,4)5/h10-11,15,20H,6-9,12-14H2,1-5H3. The molecule has 1 aromatic rings. The van der Waals surface area contributed by atoms with E-state index in [1.165, 1.54) is 30.4 Å². The summed E-state index contributed by atoms with van der Waals surface area (Å²) < 4.78 is 5.91. The lowest BCUT2D eigenvalue weighted by Gasteiger charge is -2.20. The lowest BCUT2D eigenvalue weighted by molar-refractivity contribution is 0.303. The molecule has 0 amide bonds. The molecule has 2 heteroatoms. The summed E-state index contributed by atoms with van der Waals surface area (Å²) in [4.78, 5) is 0. The number of rotatable bonds is 9. The number of hydrogen-bond donors (Lipinski definition) is 1. The first-order chi connectivity index (χ1) is 9.95. The topological polar surface area (TPSA) is 21.3 Å². The molecule has 1 aromatic carbocycles. The molecule has 0 aliphatic heterocycles. The van der Waals surface area contributed by atoms with E-state index in [-0.39, 0.29) is 5.41 Å². The Morgan fingerprint density at radius 2 is 1.81 bits per heavy atom. The molecule has 0 aliphatic carbocycles. The maximum absolute atomic E-state index is 5.91. The van der Waals surface area contributed by atoms with E-state index in [2.05, 4.69) is 58.1 Å². The summed E-state index contributed by atoms with van der Waals surface area (Å²) in [5.41, 5.74) is 2.82. The van der Waals surface area contributed by atoms with Crippen LogP contribution in [-0.2, 0) is 5.41 Å². The number of ether oxygens (including phenoxy) is 1. The lowest BCUT2D eigenvalue weighted by Crippen LogP contribution is -2.15. The zero-order chi connectivity index (χ0) is 15.7. The van der Waals surface area contributed by atoms with Gasteiger partial charge < -0.3 is 10.1 Å². The van der Waals surface area contributed by atoms with Gasteiger partial charge in [0.25, 0.3) is 0 Å². The predicted molar refractivity (Wildman–Crippen MR) is 92.4 cm³/mol. The molecule has 0 heterocycles. The Bertz CT molecular complexity index is 407. The Labute approximate surface area is 131 Å². The lowest BCUT2D eigenvalue weighted by atomic mass is 9.86. The zero-order valence-corrected chi connectivity index (χ0v) is 14.6. The van der Waals surface area contributed by atoms with Crippen LogP contribution in [0.5, 0.6) is 5.75 Å². The zero-order valence-electron chi connectivity index (χ0n) is 14.6. The highest BCUT2D eigenvalue weighted by molar-refractivity contribution is 5.38. The first-order valence-corrected chi connectivity index (χ1v) is 8.40. The smallest absolute Gasteiger partial charge is 0.122 e. The van der Waals surface area contributed by atoms with Crippen molar-refractivity contribution >= 4 is 0 Å². The molecule has 0 fully saturated rings. The van der Waals surface area contributed by atoms with Gasteiger partial charge in [-0.2, -0.15) is 0 Å². The summed E-state index contributed by atoms with van der Waals surface area (Å²) in [5, 5.41) is 3.43. The fourth-order valence-electron chi connectivity index (χ4n) is 2.29. The predicted octanol–water partition coefficient (Wildman–Crippen LogP) is 4.84. The molecule has 0 bridgehead atoms. The van der Waals surface area contributed by atoms with Crippen LogP contribution in [0.25, 0.3) is 0 Å². The SMILES string of the molecule is CCCNCCCCCOc1ccc(C(C)(C)C)cc1C. The second-order valence-corrected chi connectivity index (χ2v) is 6.89. The van der Waals surface area contributed by atoms with E-state index in [9.17, 15) is 0 Å². The van der Waals surface area contributed by atoms with E-state index < -0.39 is 0 Å². The van der Waals surface area contributed by atoms with Crippen molar-refractivity contribution in [1.29, 1.82) is 0 Å². The van der Waals surface area contributed by atoms with Crippen molar-refractivity contribution in [3.05, 3.63) is 29.3 Å². The first kappa shape index (κ1) is 18.0. The van der Waals surface area contributed by atoms with E-state index in [1.807, 2.05) is 0 Å². The molecule has 0 aliphatic rings. The highest BCUT2D eigenvalue weighted by Crippen LogP contribution is 2.27. The van der Waals surface area contributed by atoms with E-state index in [0.29, 0.717) is 0 Å². The average molecular weight is 291 g/mol. The van der Waals surface area contributed by atoms with Crippen molar-refractivity contribution in [2.24, 2.45) is 0 Å². The van der Waals surface area contributed by atoms with Crippen LogP contribution in [0.3, 0.4) is 0 Å². The molecule has 21 heavy (non-hydrogen) atoms. The molecule has 0 spiro atoms. The van der Waals surface area contributed by atoms with Gasteiger partial charge in [-0.15, -0.1) is 0 Å². The molecular formula is C19H33NO. The molecule has 0 aromatic heterocycles. The third-order valence-electron chi connectivity index (χ3n) is 3.72. The van der Waals surface area contributed by atoms with Gasteiger partial charge in [0.2, 0.25) is 0 Å². The van der Waals surface area contributed by atoms with Gasteiger partial charge >= 0.3 is 0 Å². The van der Waals surface area contributed by atoms with E-state index in [0.717, 1.165) is 31.9 Å². The number of benzene rings is 1. The molecular weight excluding hydrogens is 258 g/mol. The van der Waals surface area contributed by atoms with Crippen LogP contribution in [0, 0.1) is 6.92 Å². The quantitative estimate of drug-likeness (QED) is 0.657. The molecule has 1 N–H and O–H groups in total. The molecule has 0 unspecified atom stereocenters. The van der Waals surface area contributed by atoms with Crippen molar-refractivity contribution < 1.29 is 4.74 Å². The van der Waals surface area contributed by atoms with Crippen molar-refractivity contribution in [2.75, 3.05) is 19.7 Å². The van der Waals surface area contributed by atoms with Gasteiger partial charge in [-0.3, -0.25) is 0 Å². The minimum absolute atomic E-state index is 0.203. The fraction of sp³-hybridized carbons (Fsp3) is 0.684. The molecule has 1 rings (SSSR count). The minimum Gasteiger partial charge on any atom is -0.493 e. The maximum Gasteiger partial charge on any atom is 0.122 e. The van der Waals surface area contributed by atoms with Crippen LogP contribution in [0.15, 0.2) is 18.2 Å². The summed E-state index contributed by atoms with van der Waals surface area (Å²) in [7, 11) is 0. The van der Waals surface area contributed by atoms with Gasteiger partial charge in [-0.1, -0.05) is 39.8 Å². The normalized spacial score (nSPS) is 11.7. The number of nitrogens with one attached hydrogen (secondary N) is 1. The summed E-state index contributed by atoms with van der Waals surface area (Å²) in [6.45, 7) is 14.2. The highest BCUT2D eigenvalue weighted by atomic mass is 16.5. The van der Waals surface area contributed by atoms with Gasteiger partial charge in [0, 0.05) is 0 Å². The Morgan fingerprint density at radius 1 is 1.05 bits per heavy atom. The fourth-order valence-corrected chi connectivity index (χ4v) is 2.29. The summed E-state index contributed by atoms with van der Waals surface area (Å²) in [6.07, 6.45) is 4.82. The summed E-state index contributed by atoms with van der Waals surface area (Å²) >= 11 is 0. The van der Waals surface area contributed by atoms with Crippen molar-refractivity contribution in [3.8, 4) is 5.75 Å². The molecule has 120 valence electrons. The molecule has 0 saturated heterocycles. The summed E-state index contributed by atoms with van der Waals surface area (Å²) in [5.74, 6) is 1.03. The van der Waals surface area contributed by atoms with Crippen molar-refractivity contribution in [1.82, 2.24) is 5.32 Å². The van der Waals surface area contributed by atoms with Gasteiger partial charge in [0.15, 0.2) is 0 Å². The number of hydrogen-bond acceptors (Lipinski definition) is 2. The number of unbranched alkanes of at least 4 members (excludes halogenated alkanes) is 2. The molecule has 0 atom stereocenters. The van der Waals surface area contributed by atoms with Crippen LogP contribution in [-0.4, -0.2) is 19.7 Å².